The van der Waals surface area contributed by atoms with Gasteiger partial charge in [-0.2, -0.15) is 0 Å². The van der Waals surface area contributed by atoms with Crippen LogP contribution in [0.5, 0.6) is 0 Å². The zero-order valence-corrected chi connectivity index (χ0v) is 6.24. The molecule has 1 atom stereocenters. The number of hydrogen-bond donors (Lipinski definition) is 1. The van der Waals surface area contributed by atoms with E-state index in [-0.39, 0.29) is 5.01 Å². The lowest BCUT2D eigenvalue weighted by atomic mass is 10.4. The Balaban J connectivity index is 2.68. The molecule has 1 unspecified atom stereocenters. The molecule has 0 aliphatic rings. The van der Waals surface area contributed by atoms with Crippen LogP contribution in [0.2, 0.25) is 0 Å². The van der Waals surface area contributed by atoms with Crippen molar-refractivity contribution >= 4 is 27.5 Å². The smallest absolute Gasteiger partial charge is 0.109 e. The highest BCUT2D eigenvalue weighted by Gasteiger charge is 1.93. The lowest BCUT2D eigenvalue weighted by Gasteiger charge is -1.95. The first kappa shape index (κ1) is 7.73. The number of halogens is 2. The van der Waals surface area contributed by atoms with Crippen LogP contribution in [0, 0.1) is 0 Å². The Morgan fingerprint density at radius 1 is 1.71 bits per heavy atom. The van der Waals surface area contributed by atoms with E-state index in [4.69, 9.17) is 16.7 Å². The second-order valence-electron chi connectivity index (χ2n) is 1.27. The van der Waals surface area contributed by atoms with E-state index in [1.165, 1.54) is 0 Å². The van der Waals surface area contributed by atoms with Gasteiger partial charge in [0.05, 0.1) is 0 Å². The Hall–Kier alpha value is 0.730. The van der Waals surface area contributed by atoms with Gasteiger partial charge in [-0.05, 0) is 12.8 Å². The van der Waals surface area contributed by atoms with Crippen molar-refractivity contribution in [2.24, 2.45) is 0 Å². The Kier molecular flexibility index (Phi) is 5.39. The standard InChI is InChI=1S/C4H8BrClO/c5-4(7)2-1-3-6/h4,7H,1-3H2. The number of aliphatic hydroxyl groups is 1. The molecule has 0 saturated heterocycles. The molecule has 0 aromatic rings. The highest BCUT2D eigenvalue weighted by Crippen LogP contribution is 2.03. The zero-order chi connectivity index (χ0) is 5.70. The summed E-state index contributed by atoms with van der Waals surface area (Å²) in [6.45, 7) is 0. The number of hydrogen-bond acceptors (Lipinski definition) is 1. The van der Waals surface area contributed by atoms with Crippen LogP contribution in [0.4, 0.5) is 0 Å². The van der Waals surface area contributed by atoms with Crippen molar-refractivity contribution in [3.8, 4) is 0 Å². The SMILES string of the molecule is OC(Br)CCCCl. The molecular formula is C4H8BrClO. The largest absolute Gasteiger partial charge is 0.382 e. The predicted molar refractivity (Wildman–Crippen MR) is 34.9 cm³/mol. The van der Waals surface area contributed by atoms with Crippen LogP contribution in [0.1, 0.15) is 12.8 Å². The van der Waals surface area contributed by atoms with Crippen molar-refractivity contribution in [2.45, 2.75) is 17.9 Å². The molecule has 0 aromatic heterocycles. The van der Waals surface area contributed by atoms with Gasteiger partial charge in [0.25, 0.3) is 0 Å². The van der Waals surface area contributed by atoms with Crippen LogP contribution in [0.25, 0.3) is 0 Å². The third-order valence-electron chi connectivity index (χ3n) is 0.576. The summed E-state index contributed by atoms with van der Waals surface area (Å²) in [6, 6.07) is 0. The first-order valence-corrected chi connectivity index (χ1v) is 3.60. The molecule has 3 heteroatoms. The summed E-state index contributed by atoms with van der Waals surface area (Å²) in [5.74, 6) is 0.628. The monoisotopic (exact) mass is 186 g/mol. The van der Waals surface area contributed by atoms with Crippen LogP contribution >= 0.6 is 27.5 Å². The van der Waals surface area contributed by atoms with Crippen molar-refractivity contribution in [3.63, 3.8) is 0 Å². The third-order valence-corrected chi connectivity index (χ3v) is 1.30. The van der Waals surface area contributed by atoms with Gasteiger partial charge in [0, 0.05) is 5.88 Å². The van der Waals surface area contributed by atoms with E-state index in [9.17, 15) is 0 Å². The molecule has 0 rings (SSSR count). The van der Waals surface area contributed by atoms with Crippen molar-refractivity contribution in [1.82, 2.24) is 0 Å². The molecule has 44 valence electrons. The number of rotatable bonds is 3. The van der Waals surface area contributed by atoms with E-state index in [1.807, 2.05) is 0 Å². The van der Waals surface area contributed by atoms with Crippen LogP contribution in [0.15, 0.2) is 0 Å². The van der Waals surface area contributed by atoms with Crippen molar-refractivity contribution in [2.75, 3.05) is 5.88 Å². The minimum absolute atomic E-state index is 0.369. The summed E-state index contributed by atoms with van der Waals surface area (Å²) in [7, 11) is 0. The van der Waals surface area contributed by atoms with Gasteiger partial charge in [-0.15, -0.1) is 11.6 Å². The summed E-state index contributed by atoms with van der Waals surface area (Å²) in [6.07, 6.45) is 1.61. The second kappa shape index (κ2) is 4.88. The average molecular weight is 187 g/mol. The Labute approximate surface area is 56.8 Å². The second-order valence-corrected chi connectivity index (χ2v) is 2.70. The van der Waals surface area contributed by atoms with E-state index in [0.717, 1.165) is 12.8 Å². The fourth-order valence-electron chi connectivity index (χ4n) is 0.246. The summed E-state index contributed by atoms with van der Waals surface area (Å²) < 4.78 is 0. The number of aliphatic hydroxyl groups excluding tert-OH is 1. The minimum atomic E-state index is -0.369. The maximum atomic E-state index is 8.54. The molecule has 0 spiro atoms. The Morgan fingerprint density at radius 2 is 2.29 bits per heavy atom. The molecule has 0 aliphatic heterocycles. The van der Waals surface area contributed by atoms with Crippen LogP contribution in [-0.2, 0) is 0 Å². The van der Waals surface area contributed by atoms with Gasteiger partial charge in [0.1, 0.15) is 5.01 Å². The summed E-state index contributed by atoms with van der Waals surface area (Å²) in [4.78, 5) is 0. The fourth-order valence-corrected chi connectivity index (χ4v) is 0.724. The lowest BCUT2D eigenvalue weighted by Crippen LogP contribution is -1.93. The Bertz CT molecular complexity index is 40.7. The van der Waals surface area contributed by atoms with Crippen molar-refractivity contribution in [1.29, 1.82) is 0 Å². The molecule has 1 nitrogen and oxygen atoms in total. The van der Waals surface area contributed by atoms with Gasteiger partial charge < -0.3 is 5.11 Å². The summed E-state index contributed by atoms with van der Waals surface area (Å²) in [5, 5.41) is 8.17. The normalized spacial score (nSPS) is 14.1. The van der Waals surface area contributed by atoms with E-state index in [0.29, 0.717) is 5.88 Å². The van der Waals surface area contributed by atoms with Gasteiger partial charge in [-0.25, -0.2) is 0 Å². The first-order chi connectivity index (χ1) is 3.27. The van der Waals surface area contributed by atoms with E-state index < -0.39 is 0 Å². The minimum Gasteiger partial charge on any atom is -0.382 e. The molecule has 0 bridgehead atoms. The molecule has 0 aromatic carbocycles. The van der Waals surface area contributed by atoms with Crippen molar-refractivity contribution in [3.05, 3.63) is 0 Å². The molecule has 0 radical (unpaired) electrons. The van der Waals surface area contributed by atoms with Gasteiger partial charge in [0.2, 0.25) is 0 Å². The molecule has 0 saturated carbocycles. The first-order valence-electron chi connectivity index (χ1n) is 2.15. The molecule has 0 amide bonds. The van der Waals surface area contributed by atoms with Gasteiger partial charge in [0.15, 0.2) is 0 Å². The van der Waals surface area contributed by atoms with Gasteiger partial charge in [-0.1, -0.05) is 15.9 Å². The fraction of sp³-hybridized carbons (Fsp3) is 1.00. The predicted octanol–water partition coefficient (Wildman–Crippen LogP) is 1.72. The van der Waals surface area contributed by atoms with Gasteiger partial charge in [-0.3, -0.25) is 0 Å². The molecule has 1 N–H and O–H groups in total. The van der Waals surface area contributed by atoms with Crippen LogP contribution in [0.3, 0.4) is 0 Å². The quantitative estimate of drug-likeness (QED) is 0.667. The van der Waals surface area contributed by atoms with Gasteiger partial charge >= 0.3 is 0 Å². The highest BCUT2D eigenvalue weighted by atomic mass is 79.9. The molecular weight excluding hydrogens is 179 g/mol. The topological polar surface area (TPSA) is 20.2 Å². The molecule has 7 heavy (non-hydrogen) atoms. The maximum Gasteiger partial charge on any atom is 0.109 e. The van der Waals surface area contributed by atoms with E-state index >= 15 is 0 Å². The molecule has 0 heterocycles. The third kappa shape index (κ3) is 6.73. The highest BCUT2D eigenvalue weighted by molar-refractivity contribution is 9.09. The van der Waals surface area contributed by atoms with E-state index in [2.05, 4.69) is 15.9 Å². The van der Waals surface area contributed by atoms with Crippen LogP contribution < -0.4 is 0 Å². The summed E-state index contributed by atoms with van der Waals surface area (Å²) in [5.41, 5.74) is 0. The Morgan fingerprint density at radius 3 is 2.43 bits per heavy atom. The number of alkyl halides is 2. The molecule has 0 aliphatic carbocycles. The van der Waals surface area contributed by atoms with Crippen LogP contribution in [-0.4, -0.2) is 16.0 Å². The van der Waals surface area contributed by atoms with E-state index in [1.54, 1.807) is 0 Å². The average Bonchev–Trinajstić information content (AvgIpc) is 1.61. The summed E-state index contributed by atoms with van der Waals surface area (Å²) >= 11 is 8.29. The van der Waals surface area contributed by atoms with Crippen molar-refractivity contribution < 1.29 is 5.11 Å². The lowest BCUT2D eigenvalue weighted by molar-refractivity contribution is 0.258. The molecule has 0 fully saturated rings. The maximum absolute atomic E-state index is 8.54. The zero-order valence-electron chi connectivity index (χ0n) is 3.90.